The van der Waals surface area contributed by atoms with Crippen molar-refractivity contribution >= 4 is 141 Å². The number of nitrogens with two attached hydrogens (primary N) is 3. The van der Waals surface area contributed by atoms with Crippen LogP contribution in [0.2, 0.25) is 0 Å². The van der Waals surface area contributed by atoms with Crippen molar-refractivity contribution in [3.8, 4) is 11.5 Å². The average Bonchev–Trinajstić information content (AvgIpc) is 1.68. The molecule has 0 bridgehead atoms. The average molecular weight is 2070 g/mol. The van der Waals surface area contributed by atoms with Crippen LogP contribution in [-0.4, -0.2) is 331 Å². The first-order chi connectivity index (χ1) is 69.4. The fourth-order valence-electron chi connectivity index (χ4n) is 15.2. The van der Waals surface area contributed by atoms with Gasteiger partial charge in [-0.1, -0.05) is 96.8 Å². The second-order valence-corrected chi connectivity index (χ2v) is 36.4. The number of carbonyl (C=O) groups is 22. The maximum absolute atomic E-state index is 14.9. The van der Waals surface area contributed by atoms with Crippen molar-refractivity contribution in [3.05, 3.63) is 95.7 Å². The number of carboxylic acid groups (broad SMARTS) is 2. The second kappa shape index (κ2) is 61.3. The van der Waals surface area contributed by atoms with E-state index < -0.39 is 297 Å². The maximum atomic E-state index is 14.9. The van der Waals surface area contributed by atoms with Gasteiger partial charge in [0.05, 0.1) is 57.6 Å². The lowest BCUT2D eigenvalue weighted by atomic mass is 9.96. The number of carboxylic acids is 2. The number of benzene rings is 3. The van der Waals surface area contributed by atoms with E-state index >= 15 is 0 Å². The van der Waals surface area contributed by atoms with Gasteiger partial charge in [0.1, 0.15) is 96.1 Å². The molecule has 1 aromatic heterocycles. The third-order valence-corrected chi connectivity index (χ3v) is 24.0. The molecule has 1 fully saturated rings. The molecule has 1 saturated heterocycles. The van der Waals surface area contributed by atoms with Gasteiger partial charge in [-0.3, -0.25) is 101 Å². The molecular formula is C95H141N23O29. The number of aliphatic carboxylic acids is 2. The summed E-state index contributed by atoms with van der Waals surface area (Å²) in [5, 5.41) is 115. The zero-order chi connectivity index (χ0) is 110. The van der Waals surface area contributed by atoms with E-state index in [1.54, 1.807) is 72.0 Å². The molecular weight excluding hydrogens is 1930 g/mol. The Hall–Kier alpha value is -15.1. The predicted octanol–water partition coefficient (Wildman–Crippen LogP) is -7.92. The number of rotatable bonds is 63. The van der Waals surface area contributed by atoms with Crippen LogP contribution in [0.1, 0.15) is 163 Å². The van der Waals surface area contributed by atoms with Crippen molar-refractivity contribution in [1.29, 1.82) is 0 Å². The van der Waals surface area contributed by atoms with Crippen LogP contribution in [0.15, 0.2) is 79.0 Å². The standard InChI is InChI=1S/C95H141N23O29/c1-11-48(5)77(115-86(137)65(37-54-22-26-57(122)27-23-54)111-84(135)63(31-33-76(130)131)110-85(136)64(36-47(3)4)108-73(127)43-102-83(134)62(20-15-16-34-96)107-72(126)44-103-89(140)69-21-17-35-118(69)94(145)51(8)106-82(133)60(97)30-32-70(98)124)90(141)104-45-74(128)109-66(39-56-40-99-61-19-14-13-18-59(56)61)87(138)116-78(49(6)12-2)91(142)113-68(46-119)88(139)105-50(7)81(132)101-41-71(125)100-42-75(129)114-79(52(9)120)93(144)117-80(53(10)121)92(143)112-67(95(146)147)38-55-24-28-58(123)29-25-55/h13-14,18-19,22-29,40,47-53,60,62-69,77-80,99,119-123H,11-12,15-17,20-21,30-39,41-46,96-97H2,1-10H3,(H2,98,124)(H,100,125)(H,101,132)(H,102,134)(H,103,140)(H,104,141)(H,105,139)(H,106,133)(H,107,126)(H,108,127)(H,109,128)(H,110,136)(H,111,135)(H,112,143)(H,113,142)(H,114,129)(H,115,137)(H,116,138)(H,117,144)(H,130,131)(H,146,147)/t48-,49-,50-,51-,52+,53+,60-,62-,63-,64-,65-,66-,67-,68-,69-,77-,78-,79-,80-/m0/s1. The van der Waals surface area contributed by atoms with E-state index in [4.69, 9.17) is 17.2 Å². The molecule has 3 aromatic carbocycles. The number of phenolic OH excluding ortho intramolecular Hbond substituents is 2. The van der Waals surface area contributed by atoms with Gasteiger partial charge in [-0.15, -0.1) is 0 Å². The van der Waals surface area contributed by atoms with Crippen molar-refractivity contribution in [2.75, 3.05) is 52.4 Å². The summed E-state index contributed by atoms with van der Waals surface area (Å²) >= 11 is 0. The minimum absolute atomic E-state index is 0.00575. The third-order valence-electron chi connectivity index (χ3n) is 24.0. The second-order valence-electron chi connectivity index (χ2n) is 36.4. The number of primary amides is 1. The summed E-state index contributed by atoms with van der Waals surface area (Å²) in [6, 6.07) is -5.09. The summed E-state index contributed by atoms with van der Waals surface area (Å²) in [6.07, 6.45) is -2.74. The quantitative estimate of drug-likeness (QED) is 0.0183. The topological polar surface area (TPSA) is 831 Å². The van der Waals surface area contributed by atoms with Crippen LogP contribution < -0.4 is 113 Å². The molecule has 5 rings (SSSR count). The molecule has 52 heteroatoms. The van der Waals surface area contributed by atoms with Crippen LogP contribution in [-0.2, 0) is 125 Å². The Labute approximate surface area is 847 Å². The maximum Gasteiger partial charge on any atom is 0.326 e. The highest BCUT2D eigenvalue weighted by molar-refractivity contribution is 6.02. The number of fused-ring (bicyclic) bond motifs is 1. The number of aromatic amines is 1. The molecule has 52 nitrogen and oxygen atoms in total. The number of aromatic hydroxyl groups is 2. The van der Waals surface area contributed by atoms with Crippen LogP contribution in [0.25, 0.3) is 10.9 Å². The minimum atomic E-state index is -1.83. The molecule has 32 N–H and O–H groups in total. The molecule has 1 aliphatic rings. The Morgan fingerprint density at radius 3 is 1.42 bits per heavy atom. The first-order valence-corrected chi connectivity index (χ1v) is 48.2. The molecule has 2 heterocycles. The SMILES string of the molecule is CC[C@H](C)[C@H](NC(=O)[C@H](Cc1ccc(O)cc1)NC(=O)[C@H](CCC(=O)O)NC(=O)[C@H](CC(C)C)NC(=O)CNC(=O)[C@H](CCCCN)NC(=O)CNC(=O)[C@@H]1CCCN1C(=O)[C@H](C)NC(=O)[C@@H](N)CCC(N)=O)C(=O)NCC(=O)N[C@@H](Cc1c[nH]c2ccccc12)C(=O)N[C@H](C(=O)N[C@@H](CO)C(=O)N[C@@H](C)C(=O)NCC(=O)NCC(=O)N[C@H](C(=O)N[C@H](C(=O)N[C@@H](Cc1ccc(O)cc1)C(=O)O)[C@@H](C)O)[C@@H](C)O)[C@@H](C)CC. The highest BCUT2D eigenvalue weighted by atomic mass is 16.4. The number of aromatic nitrogens is 1. The number of amides is 20. The normalized spacial score (nSPS) is 15.9. The molecule has 0 aliphatic carbocycles. The van der Waals surface area contributed by atoms with E-state index in [-0.39, 0.29) is 94.7 Å². The summed E-state index contributed by atoms with van der Waals surface area (Å²) in [4.78, 5) is 302. The summed E-state index contributed by atoms with van der Waals surface area (Å²) < 4.78 is 0. The molecule has 0 saturated carbocycles. The molecule has 0 unspecified atom stereocenters. The van der Waals surface area contributed by atoms with Crippen molar-refractivity contribution in [2.24, 2.45) is 35.0 Å². The highest BCUT2D eigenvalue weighted by Crippen LogP contribution is 2.24. The van der Waals surface area contributed by atoms with Gasteiger partial charge in [0.15, 0.2) is 0 Å². The van der Waals surface area contributed by atoms with Crippen LogP contribution in [0.3, 0.4) is 0 Å². The Balaban J connectivity index is 1.23. The first-order valence-electron chi connectivity index (χ1n) is 48.2. The number of aliphatic hydroxyl groups is 3. The molecule has 0 spiro atoms. The lowest BCUT2D eigenvalue weighted by Crippen LogP contribution is -2.61. The zero-order valence-corrected chi connectivity index (χ0v) is 83.6. The Bertz CT molecular complexity index is 5240. The van der Waals surface area contributed by atoms with Gasteiger partial charge >= 0.3 is 11.9 Å². The van der Waals surface area contributed by atoms with E-state index in [2.05, 4.69) is 101 Å². The van der Waals surface area contributed by atoms with Gasteiger partial charge in [-0.2, -0.15) is 0 Å². The molecule has 19 atom stereocenters. The molecule has 147 heavy (non-hydrogen) atoms. The monoisotopic (exact) mass is 2070 g/mol. The smallest absolute Gasteiger partial charge is 0.326 e. The molecule has 1 aliphatic heterocycles. The number of hydrogen-bond acceptors (Lipinski definition) is 29. The number of para-hydroxylation sites is 1. The highest BCUT2D eigenvalue weighted by Gasteiger charge is 2.42. The lowest BCUT2D eigenvalue weighted by molar-refractivity contribution is -0.143. The number of nitrogens with zero attached hydrogens (tertiary/aromatic N) is 1. The minimum Gasteiger partial charge on any atom is -0.508 e. The van der Waals surface area contributed by atoms with Gasteiger partial charge < -0.3 is 159 Å². The molecule has 20 amide bonds. The van der Waals surface area contributed by atoms with Crippen LogP contribution >= 0.6 is 0 Å². The number of carbonyl (C=O) groups excluding carboxylic acids is 20. The first kappa shape index (κ1) is 122. The largest absolute Gasteiger partial charge is 0.508 e. The zero-order valence-electron chi connectivity index (χ0n) is 83.6. The van der Waals surface area contributed by atoms with Gasteiger partial charge in [0, 0.05) is 55.7 Å². The van der Waals surface area contributed by atoms with E-state index in [1.165, 1.54) is 67.3 Å². The Kier molecular flexibility index (Phi) is 51.0. The predicted molar refractivity (Wildman–Crippen MR) is 524 cm³/mol. The Morgan fingerprint density at radius 1 is 0.429 bits per heavy atom. The number of phenols is 2. The van der Waals surface area contributed by atoms with Gasteiger partial charge in [0.25, 0.3) is 0 Å². The number of hydrogen-bond donors (Lipinski definition) is 29. The van der Waals surface area contributed by atoms with Gasteiger partial charge in [-0.05, 0) is 150 Å². The summed E-state index contributed by atoms with van der Waals surface area (Å²) in [7, 11) is 0. The number of unbranched alkanes of at least 4 members (excludes halogenated alkanes) is 1. The van der Waals surface area contributed by atoms with E-state index in [9.17, 15) is 141 Å². The van der Waals surface area contributed by atoms with Crippen molar-refractivity contribution in [1.82, 2.24) is 106 Å². The molecule has 810 valence electrons. The summed E-state index contributed by atoms with van der Waals surface area (Å²) in [5.74, 6) is -24.3. The van der Waals surface area contributed by atoms with Gasteiger partial charge in [-0.25, -0.2) is 4.79 Å². The Morgan fingerprint density at radius 2 is 0.871 bits per heavy atom. The van der Waals surface area contributed by atoms with Crippen LogP contribution in [0.5, 0.6) is 11.5 Å². The van der Waals surface area contributed by atoms with E-state index in [0.717, 1.165) is 13.8 Å². The fourth-order valence-corrected chi connectivity index (χ4v) is 15.2. The summed E-state index contributed by atoms with van der Waals surface area (Å²) in [6.45, 7) is 9.76. The summed E-state index contributed by atoms with van der Waals surface area (Å²) in [5.41, 5.74) is 18.5. The number of likely N-dealkylation sites (tertiary alicyclic amines) is 1. The van der Waals surface area contributed by atoms with Crippen molar-refractivity contribution in [3.63, 3.8) is 0 Å². The third kappa shape index (κ3) is 41.5. The van der Waals surface area contributed by atoms with Crippen LogP contribution in [0, 0.1) is 17.8 Å². The fraction of sp³-hybridized carbons (Fsp3) is 0.558. The lowest BCUT2D eigenvalue weighted by Gasteiger charge is -2.29. The van der Waals surface area contributed by atoms with Crippen LogP contribution in [0.4, 0.5) is 0 Å². The number of H-pyrrole nitrogens is 1. The van der Waals surface area contributed by atoms with Crippen molar-refractivity contribution < 1.29 is 141 Å². The van der Waals surface area contributed by atoms with E-state index in [1.807, 2.05) is 0 Å². The van der Waals surface area contributed by atoms with E-state index in [0.29, 0.717) is 46.9 Å². The number of nitrogens with one attached hydrogen (secondary N) is 19. The number of aliphatic hydroxyl groups excluding tert-OH is 3. The molecule has 0 radical (unpaired) electrons. The van der Waals surface area contributed by atoms with Crippen molar-refractivity contribution in [2.45, 2.75) is 268 Å². The molecule has 4 aromatic rings. The van der Waals surface area contributed by atoms with Gasteiger partial charge in [0.2, 0.25) is 118 Å².